The number of carbonyl (C=O) groups excluding carboxylic acids is 9. The molecule has 3 aliphatic heterocycles. The topological polar surface area (TPSA) is 219 Å². The van der Waals surface area contributed by atoms with Crippen molar-refractivity contribution in [2.45, 2.75) is 12.3 Å². The van der Waals surface area contributed by atoms with Crippen LogP contribution in [0.4, 0.5) is 14.4 Å². The van der Waals surface area contributed by atoms with Crippen LogP contribution in [0.3, 0.4) is 0 Å². The Morgan fingerprint density at radius 1 is 0.338 bits per heavy atom. The molecule has 6 aromatic carbocycles. The van der Waals surface area contributed by atoms with Gasteiger partial charge in [0.2, 0.25) is 0 Å². The Kier molecular flexibility index (Phi) is 10.1. The van der Waals surface area contributed by atoms with Gasteiger partial charge in [0.15, 0.2) is 0 Å². The summed E-state index contributed by atoms with van der Waals surface area (Å²) in [5, 5.41) is 0.939. The highest BCUT2D eigenvalue weighted by molar-refractivity contribution is 6.22. The fraction of sp³-hybridized carbons (Fsp3) is 0.0426. The van der Waals surface area contributed by atoms with Gasteiger partial charge in [0.25, 0.3) is 35.4 Å². The molecule has 18 heteroatoms. The van der Waals surface area contributed by atoms with Crippen LogP contribution in [0.2, 0.25) is 0 Å². The van der Waals surface area contributed by atoms with E-state index in [1.165, 1.54) is 72.8 Å². The van der Waals surface area contributed by atoms with Crippen molar-refractivity contribution in [3.05, 3.63) is 196 Å². The van der Waals surface area contributed by atoms with E-state index in [-0.39, 0.29) is 50.6 Å². The van der Waals surface area contributed by atoms with E-state index < -0.39 is 59.3 Å². The number of benzene rings is 6. The van der Waals surface area contributed by atoms with Crippen molar-refractivity contribution >= 4 is 53.9 Å². The van der Waals surface area contributed by atoms with E-state index in [1.54, 1.807) is 72.8 Å². The average molecular weight is 874 g/mol. The van der Waals surface area contributed by atoms with Gasteiger partial charge >= 0.3 is 18.5 Å². The van der Waals surface area contributed by atoms with Gasteiger partial charge in [-0.05, 0) is 96.4 Å². The average Bonchev–Trinajstić information content (AvgIpc) is 3.81. The van der Waals surface area contributed by atoms with Crippen molar-refractivity contribution in [2.75, 3.05) is 0 Å². The predicted molar refractivity (Wildman–Crippen MR) is 217 cm³/mol. The van der Waals surface area contributed by atoms with Crippen LogP contribution in [0.1, 0.15) is 85.8 Å². The molecule has 18 nitrogen and oxygen atoms in total. The Labute approximate surface area is 365 Å². The summed E-state index contributed by atoms with van der Waals surface area (Å²) in [5.74, 6) is -5.04. The molecule has 0 saturated heterocycles. The van der Waals surface area contributed by atoms with Crippen molar-refractivity contribution in [3.8, 4) is 17.2 Å². The van der Waals surface area contributed by atoms with Crippen molar-refractivity contribution in [3.63, 3.8) is 0 Å². The summed E-state index contributed by atoms with van der Waals surface area (Å²) < 4.78 is 15.9. The number of imide groups is 3. The molecule has 0 spiro atoms. The SMILES string of the molecule is CC(c1ccc(OC(=O)ON2C(=O)c3ccccc3C2=O)cc1)(c1ccc(OC(=O)ON2C(=O)c3ccccc3C2=O)cc1)c1ccc(OC(=O)ON2C(=O)c3ccccc3C2=O)cc1. The monoisotopic (exact) mass is 873 g/mol. The number of carbonyl (C=O) groups is 9. The third kappa shape index (κ3) is 7.31. The van der Waals surface area contributed by atoms with E-state index in [9.17, 15) is 43.2 Å². The summed E-state index contributed by atoms with van der Waals surface area (Å²) in [5.41, 5.74) is 1.09. The van der Waals surface area contributed by atoms with Crippen LogP contribution >= 0.6 is 0 Å². The first kappa shape index (κ1) is 40.9. The van der Waals surface area contributed by atoms with Crippen LogP contribution in [0.25, 0.3) is 0 Å². The molecule has 0 aliphatic carbocycles. The van der Waals surface area contributed by atoms with Crippen LogP contribution < -0.4 is 14.2 Å². The Morgan fingerprint density at radius 3 is 0.738 bits per heavy atom. The van der Waals surface area contributed by atoms with Gasteiger partial charge in [0.05, 0.1) is 33.4 Å². The first-order valence-corrected chi connectivity index (χ1v) is 19.3. The summed E-state index contributed by atoms with van der Waals surface area (Å²) in [7, 11) is 0. The summed E-state index contributed by atoms with van der Waals surface area (Å²) >= 11 is 0. The summed E-state index contributed by atoms with van der Waals surface area (Å²) in [6.45, 7) is 1.83. The first-order valence-electron chi connectivity index (χ1n) is 19.3. The number of hydrogen-bond acceptors (Lipinski definition) is 15. The molecule has 0 fully saturated rings. The van der Waals surface area contributed by atoms with Gasteiger partial charge in [-0.3, -0.25) is 43.3 Å². The van der Waals surface area contributed by atoms with Crippen molar-refractivity contribution in [2.24, 2.45) is 0 Å². The lowest BCUT2D eigenvalue weighted by molar-refractivity contribution is -0.0605. The largest absolute Gasteiger partial charge is 0.539 e. The maximum absolute atomic E-state index is 12.8. The van der Waals surface area contributed by atoms with Crippen LogP contribution in [0.15, 0.2) is 146 Å². The Balaban J connectivity index is 0.930. The van der Waals surface area contributed by atoms with Gasteiger partial charge in [-0.2, -0.15) is 0 Å². The number of amides is 6. The molecule has 6 amide bonds. The van der Waals surface area contributed by atoms with E-state index in [4.69, 9.17) is 28.7 Å². The van der Waals surface area contributed by atoms with Gasteiger partial charge in [-0.15, -0.1) is 0 Å². The molecule has 9 rings (SSSR count). The molecule has 0 radical (unpaired) electrons. The molecule has 0 N–H and O–H groups in total. The highest BCUT2D eigenvalue weighted by Crippen LogP contribution is 2.41. The fourth-order valence-electron chi connectivity index (χ4n) is 7.39. The second-order valence-corrected chi connectivity index (χ2v) is 14.4. The molecular formula is C47H27N3O15. The lowest BCUT2D eigenvalue weighted by Crippen LogP contribution is -2.33. The maximum Gasteiger partial charge on any atom is 0.539 e. The highest BCUT2D eigenvalue weighted by atomic mass is 16.8. The Morgan fingerprint density at radius 2 is 0.538 bits per heavy atom. The lowest BCUT2D eigenvalue weighted by Gasteiger charge is -2.32. The maximum atomic E-state index is 12.8. The molecule has 65 heavy (non-hydrogen) atoms. The first-order chi connectivity index (χ1) is 31.3. The van der Waals surface area contributed by atoms with Gasteiger partial charge in [-0.25, -0.2) is 14.4 Å². The summed E-state index contributed by atoms with van der Waals surface area (Å²) in [4.78, 5) is 129. The van der Waals surface area contributed by atoms with E-state index in [2.05, 4.69) is 0 Å². The van der Waals surface area contributed by atoms with Crippen molar-refractivity contribution in [1.82, 2.24) is 15.2 Å². The number of hydrogen-bond donors (Lipinski definition) is 0. The molecule has 0 saturated carbocycles. The summed E-state index contributed by atoms with van der Waals surface area (Å²) in [6, 6.07) is 36.3. The third-order valence-corrected chi connectivity index (χ3v) is 10.7. The number of nitrogens with zero attached hydrogens (tertiary/aromatic N) is 3. The quantitative estimate of drug-likeness (QED) is 0.0606. The minimum absolute atomic E-state index is 0.0154. The zero-order chi connectivity index (χ0) is 45.6. The molecule has 0 atom stereocenters. The van der Waals surface area contributed by atoms with Gasteiger partial charge in [0.1, 0.15) is 17.2 Å². The Bertz CT molecular complexity index is 2610. The number of fused-ring (bicyclic) bond motifs is 3. The van der Waals surface area contributed by atoms with E-state index in [0.717, 1.165) is 0 Å². The van der Waals surface area contributed by atoms with Gasteiger partial charge in [-0.1, -0.05) is 88.0 Å². The molecule has 0 aromatic heterocycles. The molecular weight excluding hydrogens is 847 g/mol. The molecule has 3 aliphatic rings. The highest BCUT2D eigenvalue weighted by Gasteiger charge is 2.42. The fourth-order valence-corrected chi connectivity index (χ4v) is 7.39. The van der Waals surface area contributed by atoms with Gasteiger partial charge in [0, 0.05) is 5.41 Å². The lowest BCUT2D eigenvalue weighted by atomic mass is 9.71. The number of hydroxylamine groups is 6. The second-order valence-electron chi connectivity index (χ2n) is 14.4. The van der Waals surface area contributed by atoms with Crippen LogP contribution in [-0.2, 0) is 19.9 Å². The third-order valence-electron chi connectivity index (χ3n) is 10.7. The molecule has 0 unspecified atom stereocenters. The standard InChI is InChI=1S/C47H27N3O15/c1-47(26-14-20-29(21-15-26)60-44(57)63-48-38(51)32-8-2-3-9-33(32)39(48)52,27-16-22-30(23-17-27)61-45(58)64-49-40(53)34-10-4-5-11-35(34)41(49)54)28-18-24-31(25-19-28)62-46(59)65-50-42(55)36-12-6-7-13-37(36)43(50)56/h2-25H,1H3. The van der Waals surface area contributed by atoms with E-state index >= 15 is 0 Å². The minimum Gasteiger partial charge on any atom is -0.393 e. The van der Waals surface area contributed by atoms with E-state index in [1.807, 2.05) is 6.92 Å². The Hall–Kier alpha value is -9.45. The van der Waals surface area contributed by atoms with Crippen molar-refractivity contribution in [1.29, 1.82) is 0 Å². The van der Waals surface area contributed by atoms with Crippen LogP contribution in [0, 0.1) is 0 Å². The minimum atomic E-state index is -1.36. The second kappa shape index (κ2) is 16.1. The number of rotatable bonds is 9. The predicted octanol–water partition coefficient (Wildman–Crippen LogP) is 7.22. The van der Waals surface area contributed by atoms with Gasteiger partial charge < -0.3 is 14.2 Å². The normalized spacial score (nSPS) is 13.9. The van der Waals surface area contributed by atoms with Crippen LogP contribution in [-0.4, -0.2) is 69.1 Å². The molecule has 6 aromatic rings. The smallest absolute Gasteiger partial charge is 0.393 e. The zero-order valence-corrected chi connectivity index (χ0v) is 33.3. The molecule has 320 valence electrons. The molecule has 3 heterocycles. The molecule has 0 bridgehead atoms. The van der Waals surface area contributed by atoms with Crippen LogP contribution in [0.5, 0.6) is 17.2 Å². The van der Waals surface area contributed by atoms with Crippen molar-refractivity contribution < 1.29 is 71.9 Å². The zero-order valence-electron chi connectivity index (χ0n) is 33.3. The summed E-state index contributed by atoms with van der Waals surface area (Å²) in [6.07, 6.45) is -4.07. The van der Waals surface area contributed by atoms with E-state index in [0.29, 0.717) is 31.9 Å². The number of ether oxygens (including phenoxy) is 3.